The van der Waals surface area contributed by atoms with Crippen molar-refractivity contribution in [2.24, 2.45) is 0 Å². The minimum Gasteiger partial charge on any atom is -0.480 e. The second-order valence-electron chi connectivity index (χ2n) is 4.17. The predicted octanol–water partition coefficient (Wildman–Crippen LogP) is 1.98. The van der Waals surface area contributed by atoms with Crippen molar-refractivity contribution < 1.29 is 14.6 Å². The number of hydrogen-bond donors (Lipinski definition) is 1. The van der Waals surface area contributed by atoms with Gasteiger partial charge < -0.3 is 9.84 Å². The number of carbonyl (C=O) groups is 1. The maximum atomic E-state index is 11.1. The number of thiophene rings is 1. The lowest BCUT2D eigenvalue weighted by Crippen LogP contribution is -2.47. The molecule has 1 aliphatic heterocycles. The summed E-state index contributed by atoms with van der Waals surface area (Å²) < 4.78 is 5.70. The maximum absolute atomic E-state index is 11.1. The van der Waals surface area contributed by atoms with Crippen LogP contribution in [0, 0.1) is 0 Å². The highest BCUT2D eigenvalue weighted by molar-refractivity contribution is 7.07. The first-order valence-corrected chi connectivity index (χ1v) is 6.77. The third-order valence-electron chi connectivity index (χ3n) is 3.13. The molecule has 0 radical (unpaired) electrons. The number of morpholine rings is 1. The Kier molecular flexibility index (Phi) is 4.15. The maximum Gasteiger partial charge on any atom is 0.320 e. The zero-order valence-corrected chi connectivity index (χ0v) is 10.7. The fourth-order valence-corrected chi connectivity index (χ4v) is 2.90. The Balaban J connectivity index is 2.04. The molecular formula is C12H17NO3S. The molecule has 1 aromatic heterocycles. The molecule has 4 nitrogen and oxygen atoms in total. The Hall–Kier alpha value is -0.910. The van der Waals surface area contributed by atoms with E-state index in [0.717, 1.165) is 5.56 Å². The first-order valence-electron chi connectivity index (χ1n) is 5.83. The van der Waals surface area contributed by atoms with Gasteiger partial charge in [-0.05, 0) is 28.8 Å². The van der Waals surface area contributed by atoms with Crippen molar-refractivity contribution in [3.05, 3.63) is 22.4 Å². The summed E-state index contributed by atoms with van der Waals surface area (Å²) in [5.74, 6) is -0.738. The molecule has 2 atom stereocenters. The molecule has 1 aliphatic rings. The Morgan fingerprint density at radius 3 is 3.18 bits per heavy atom. The first kappa shape index (κ1) is 12.5. The fourth-order valence-electron chi connectivity index (χ4n) is 2.20. The van der Waals surface area contributed by atoms with E-state index in [4.69, 9.17) is 9.84 Å². The number of carboxylic acids is 1. The quantitative estimate of drug-likeness (QED) is 0.894. The number of hydrogen-bond acceptors (Lipinski definition) is 4. The Bertz CT molecular complexity index is 366. The topological polar surface area (TPSA) is 49.8 Å². The van der Waals surface area contributed by atoms with Gasteiger partial charge in [0.2, 0.25) is 0 Å². The van der Waals surface area contributed by atoms with E-state index in [0.29, 0.717) is 26.1 Å². The van der Waals surface area contributed by atoms with Gasteiger partial charge in [0.15, 0.2) is 0 Å². The van der Waals surface area contributed by atoms with Gasteiger partial charge in [0, 0.05) is 13.1 Å². The normalized spacial score (nSPS) is 23.5. The molecular weight excluding hydrogens is 238 g/mol. The van der Waals surface area contributed by atoms with Crippen LogP contribution in [0.5, 0.6) is 0 Å². The standard InChI is InChI=1S/C12H17NO3S/c1-2-10(12(14)15)13-4-5-16-11(7-13)9-3-6-17-8-9/h3,6,8,10-11H,2,4-5,7H2,1H3,(H,14,15). The second-order valence-corrected chi connectivity index (χ2v) is 4.95. The van der Waals surface area contributed by atoms with Crippen LogP contribution >= 0.6 is 11.3 Å². The molecule has 94 valence electrons. The third-order valence-corrected chi connectivity index (χ3v) is 3.83. The molecule has 1 aromatic rings. The summed E-state index contributed by atoms with van der Waals surface area (Å²) >= 11 is 1.64. The average Bonchev–Trinajstić information content (AvgIpc) is 2.83. The summed E-state index contributed by atoms with van der Waals surface area (Å²) in [5, 5.41) is 13.2. The Labute approximate surface area is 105 Å². The highest BCUT2D eigenvalue weighted by Gasteiger charge is 2.30. The predicted molar refractivity (Wildman–Crippen MR) is 66.3 cm³/mol. The van der Waals surface area contributed by atoms with Crippen molar-refractivity contribution in [1.82, 2.24) is 4.90 Å². The van der Waals surface area contributed by atoms with Crippen molar-refractivity contribution in [3.8, 4) is 0 Å². The highest BCUT2D eigenvalue weighted by atomic mass is 32.1. The highest BCUT2D eigenvalue weighted by Crippen LogP contribution is 2.25. The number of rotatable bonds is 4. The molecule has 1 N–H and O–H groups in total. The van der Waals surface area contributed by atoms with Crippen molar-refractivity contribution in [2.75, 3.05) is 19.7 Å². The molecule has 5 heteroatoms. The van der Waals surface area contributed by atoms with Gasteiger partial charge in [-0.3, -0.25) is 9.69 Å². The Morgan fingerprint density at radius 1 is 1.76 bits per heavy atom. The van der Waals surface area contributed by atoms with Crippen LogP contribution < -0.4 is 0 Å². The minimum absolute atomic E-state index is 0.0170. The van der Waals surface area contributed by atoms with Crippen LogP contribution in [0.2, 0.25) is 0 Å². The van der Waals surface area contributed by atoms with E-state index >= 15 is 0 Å². The molecule has 2 unspecified atom stereocenters. The summed E-state index contributed by atoms with van der Waals surface area (Å²) in [5.41, 5.74) is 1.15. The molecule has 1 saturated heterocycles. The van der Waals surface area contributed by atoms with Crippen LogP contribution in [0.4, 0.5) is 0 Å². The summed E-state index contributed by atoms with van der Waals surface area (Å²) in [6.07, 6.45) is 0.648. The largest absolute Gasteiger partial charge is 0.480 e. The van der Waals surface area contributed by atoms with Gasteiger partial charge in [0.05, 0.1) is 12.7 Å². The lowest BCUT2D eigenvalue weighted by molar-refractivity contribution is -0.146. The van der Waals surface area contributed by atoms with Crippen LogP contribution in [0.15, 0.2) is 16.8 Å². The lowest BCUT2D eigenvalue weighted by atomic mass is 10.1. The second kappa shape index (κ2) is 5.62. The summed E-state index contributed by atoms with van der Waals surface area (Å²) in [6, 6.07) is 1.65. The minimum atomic E-state index is -0.738. The van der Waals surface area contributed by atoms with Crippen LogP contribution in [0.1, 0.15) is 25.0 Å². The van der Waals surface area contributed by atoms with Crippen molar-refractivity contribution >= 4 is 17.3 Å². The Morgan fingerprint density at radius 2 is 2.59 bits per heavy atom. The zero-order chi connectivity index (χ0) is 12.3. The van der Waals surface area contributed by atoms with Gasteiger partial charge in [-0.25, -0.2) is 0 Å². The molecule has 1 fully saturated rings. The van der Waals surface area contributed by atoms with Gasteiger partial charge in [-0.1, -0.05) is 6.92 Å². The van der Waals surface area contributed by atoms with Crippen molar-refractivity contribution in [2.45, 2.75) is 25.5 Å². The summed E-state index contributed by atoms with van der Waals surface area (Å²) in [4.78, 5) is 13.2. The molecule has 2 rings (SSSR count). The van der Waals surface area contributed by atoms with E-state index in [-0.39, 0.29) is 12.1 Å². The molecule has 0 aliphatic carbocycles. The number of nitrogens with zero attached hydrogens (tertiary/aromatic N) is 1. The van der Waals surface area contributed by atoms with Gasteiger partial charge >= 0.3 is 5.97 Å². The molecule has 0 spiro atoms. The van der Waals surface area contributed by atoms with Crippen LogP contribution in [0.3, 0.4) is 0 Å². The van der Waals surface area contributed by atoms with Crippen molar-refractivity contribution in [1.29, 1.82) is 0 Å². The number of carboxylic acid groups (broad SMARTS) is 1. The van der Waals surface area contributed by atoms with Crippen LogP contribution in [0.25, 0.3) is 0 Å². The first-order chi connectivity index (χ1) is 8.22. The summed E-state index contributed by atoms with van der Waals surface area (Å²) in [7, 11) is 0. The molecule has 2 heterocycles. The van der Waals surface area contributed by atoms with E-state index in [2.05, 4.69) is 5.38 Å². The molecule has 0 bridgehead atoms. The number of aliphatic carboxylic acids is 1. The van der Waals surface area contributed by atoms with Crippen molar-refractivity contribution in [3.63, 3.8) is 0 Å². The molecule has 0 saturated carbocycles. The fraction of sp³-hybridized carbons (Fsp3) is 0.583. The van der Waals surface area contributed by atoms with Crippen LogP contribution in [-0.2, 0) is 9.53 Å². The van der Waals surface area contributed by atoms with E-state index in [9.17, 15) is 4.79 Å². The SMILES string of the molecule is CCC(C(=O)O)N1CCOC(c2ccsc2)C1. The van der Waals surface area contributed by atoms with Gasteiger partial charge in [0.25, 0.3) is 0 Å². The molecule has 0 amide bonds. The van der Waals surface area contributed by atoms with Gasteiger partial charge in [-0.2, -0.15) is 11.3 Å². The third kappa shape index (κ3) is 2.86. The van der Waals surface area contributed by atoms with E-state index in [1.54, 1.807) is 11.3 Å². The van der Waals surface area contributed by atoms with Gasteiger partial charge in [0.1, 0.15) is 6.04 Å². The zero-order valence-electron chi connectivity index (χ0n) is 9.83. The van der Waals surface area contributed by atoms with Crippen LogP contribution in [-0.4, -0.2) is 41.7 Å². The van der Waals surface area contributed by atoms with E-state index < -0.39 is 5.97 Å². The smallest absolute Gasteiger partial charge is 0.320 e. The van der Waals surface area contributed by atoms with E-state index in [1.165, 1.54) is 0 Å². The molecule has 0 aromatic carbocycles. The monoisotopic (exact) mass is 255 g/mol. The molecule has 17 heavy (non-hydrogen) atoms. The van der Waals surface area contributed by atoms with E-state index in [1.807, 2.05) is 23.3 Å². The lowest BCUT2D eigenvalue weighted by Gasteiger charge is -2.35. The summed E-state index contributed by atoms with van der Waals surface area (Å²) in [6.45, 7) is 3.88. The van der Waals surface area contributed by atoms with Gasteiger partial charge in [-0.15, -0.1) is 0 Å². The average molecular weight is 255 g/mol. The number of ether oxygens (including phenoxy) is 1.